The lowest BCUT2D eigenvalue weighted by molar-refractivity contribution is 0.0791. The zero-order valence-electron chi connectivity index (χ0n) is 26.6. The lowest BCUT2D eigenvalue weighted by Gasteiger charge is -2.42. The number of carbonyl (C=O) groups excluding carboxylic acids is 1. The van der Waals surface area contributed by atoms with E-state index in [1.807, 2.05) is 6.07 Å². The number of aliphatic hydroxyl groups is 1. The molecule has 12 nitrogen and oxygen atoms in total. The van der Waals surface area contributed by atoms with Crippen LogP contribution in [0.25, 0.3) is 0 Å². The van der Waals surface area contributed by atoms with E-state index in [4.69, 9.17) is 20.2 Å². The topological polar surface area (TPSA) is 141 Å². The summed E-state index contributed by atoms with van der Waals surface area (Å²) in [4.78, 5) is 27.9. The van der Waals surface area contributed by atoms with Crippen LogP contribution >= 0.6 is 15.9 Å². The summed E-state index contributed by atoms with van der Waals surface area (Å²) in [5.41, 5.74) is 7.96. The van der Waals surface area contributed by atoms with Gasteiger partial charge in [0.1, 0.15) is 17.3 Å². The maximum atomic E-state index is 11.3. The van der Waals surface area contributed by atoms with Crippen molar-refractivity contribution >= 4 is 50.9 Å². The number of carbonyl (C=O) groups is 1. The third-order valence-electron chi connectivity index (χ3n) is 8.50. The SMILES string of the molecule is COc1cc(Nc2ncc(Br)c(Nc3ccc(OC(N)=O)cc3C(C)(C)O)n2)c(C)cc1N1CCC(N2CCN(C)CC2)CC1. The first-order valence-corrected chi connectivity index (χ1v) is 16.0. The Morgan fingerprint density at radius 3 is 2.42 bits per heavy atom. The Morgan fingerprint density at radius 1 is 1.07 bits per heavy atom. The number of piperidine rings is 1. The van der Waals surface area contributed by atoms with Gasteiger partial charge in [-0.15, -0.1) is 0 Å². The number of ether oxygens (including phenoxy) is 2. The Balaban J connectivity index is 1.31. The third-order valence-corrected chi connectivity index (χ3v) is 9.08. The predicted octanol–water partition coefficient (Wildman–Crippen LogP) is 4.94. The zero-order chi connectivity index (χ0) is 32.3. The number of nitrogens with one attached hydrogen (secondary N) is 2. The molecule has 0 bridgehead atoms. The number of benzene rings is 2. The fourth-order valence-corrected chi connectivity index (χ4v) is 6.25. The molecule has 2 saturated heterocycles. The highest BCUT2D eigenvalue weighted by atomic mass is 79.9. The molecule has 0 unspecified atom stereocenters. The standard InChI is InChI=1S/C32H43BrN8O4/c1-20-16-27(41-10-8-21(9-11-41)40-14-12-39(4)13-15-40)28(44-5)18-26(20)37-31-35-19-24(33)29(38-31)36-25-7-6-22(45-30(34)42)17-23(25)32(2,3)43/h6-7,16-19,21,43H,8-15H2,1-5H3,(H2,34,42)(H2,35,36,37,38). The number of hydrogen-bond acceptors (Lipinski definition) is 11. The highest BCUT2D eigenvalue weighted by Crippen LogP contribution is 2.38. The lowest BCUT2D eigenvalue weighted by Crippen LogP contribution is -2.52. The fraction of sp³-hybridized carbons (Fsp3) is 0.469. The molecule has 0 spiro atoms. The minimum atomic E-state index is -1.25. The Bertz CT molecular complexity index is 1520. The molecule has 2 aromatic carbocycles. The van der Waals surface area contributed by atoms with Gasteiger partial charge in [-0.25, -0.2) is 9.78 Å². The molecule has 2 aliphatic rings. The van der Waals surface area contributed by atoms with E-state index in [1.165, 1.54) is 0 Å². The number of piperazine rings is 1. The number of nitrogens with two attached hydrogens (primary N) is 1. The molecule has 3 heterocycles. The number of aromatic nitrogens is 2. The van der Waals surface area contributed by atoms with Gasteiger partial charge in [-0.05, 0) is 86.4 Å². The van der Waals surface area contributed by atoms with Crippen molar-refractivity contribution in [2.45, 2.75) is 45.3 Å². The molecule has 5 rings (SSSR count). The molecule has 13 heteroatoms. The molecule has 2 fully saturated rings. The summed E-state index contributed by atoms with van der Waals surface area (Å²) in [5.74, 6) is 1.88. The van der Waals surface area contributed by atoms with Gasteiger partial charge in [-0.3, -0.25) is 4.90 Å². The second-order valence-electron chi connectivity index (χ2n) is 12.2. The van der Waals surface area contributed by atoms with E-state index in [2.05, 4.69) is 66.3 Å². The molecule has 1 amide bonds. The molecule has 5 N–H and O–H groups in total. The number of anilines is 5. The van der Waals surface area contributed by atoms with Crippen LogP contribution in [-0.2, 0) is 5.60 Å². The van der Waals surface area contributed by atoms with E-state index >= 15 is 0 Å². The van der Waals surface area contributed by atoms with Crippen molar-refractivity contribution in [3.63, 3.8) is 0 Å². The number of nitrogens with zero attached hydrogens (tertiary/aromatic N) is 5. The van der Waals surface area contributed by atoms with E-state index < -0.39 is 11.7 Å². The third kappa shape index (κ3) is 7.96. The van der Waals surface area contributed by atoms with E-state index in [0.717, 1.165) is 74.8 Å². The Hall–Kier alpha value is -3.65. The van der Waals surface area contributed by atoms with Crippen LogP contribution in [0, 0.1) is 6.92 Å². The number of hydrogen-bond donors (Lipinski definition) is 4. The van der Waals surface area contributed by atoms with Gasteiger partial charge in [0.25, 0.3) is 0 Å². The molecule has 0 aliphatic carbocycles. The molecule has 1 aromatic heterocycles. The summed E-state index contributed by atoms with van der Waals surface area (Å²) < 4.78 is 11.5. The summed E-state index contributed by atoms with van der Waals surface area (Å²) in [5, 5.41) is 17.4. The van der Waals surface area contributed by atoms with E-state index in [-0.39, 0.29) is 5.75 Å². The predicted molar refractivity (Wildman–Crippen MR) is 180 cm³/mol. The number of halogens is 1. The largest absolute Gasteiger partial charge is 0.495 e. The molecular weight excluding hydrogens is 640 g/mol. The van der Waals surface area contributed by atoms with Crippen LogP contribution in [0.1, 0.15) is 37.8 Å². The van der Waals surface area contributed by atoms with Gasteiger partial charge in [0.05, 0.1) is 22.9 Å². The van der Waals surface area contributed by atoms with Gasteiger partial charge >= 0.3 is 6.09 Å². The minimum Gasteiger partial charge on any atom is -0.495 e. The van der Waals surface area contributed by atoms with Crippen LogP contribution in [-0.4, -0.2) is 90.4 Å². The quantitative estimate of drug-likeness (QED) is 0.244. The van der Waals surface area contributed by atoms with Crippen molar-refractivity contribution < 1.29 is 19.4 Å². The monoisotopic (exact) mass is 682 g/mol. The Kier molecular flexibility index (Phi) is 10.0. The summed E-state index contributed by atoms with van der Waals surface area (Å²) in [6, 6.07) is 9.65. The molecular formula is C32H43BrN8O4. The van der Waals surface area contributed by atoms with Crippen LogP contribution in [0.3, 0.4) is 0 Å². The minimum absolute atomic E-state index is 0.224. The van der Waals surface area contributed by atoms with Crippen LogP contribution in [0.4, 0.5) is 33.6 Å². The first-order valence-electron chi connectivity index (χ1n) is 15.2. The number of methoxy groups -OCH3 is 1. The molecule has 0 atom stereocenters. The van der Waals surface area contributed by atoms with Crippen LogP contribution in [0.2, 0.25) is 0 Å². The zero-order valence-corrected chi connectivity index (χ0v) is 28.1. The van der Waals surface area contributed by atoms with Gasteiger partial charge in [0.2, 0.25) is 5.95 Å². The second-order valence-corrected chi connectivity index (χ2v) is 13.1. The fourth-order valence-electron chi connectivity index (χ4n) is 5.96. The molecule has 3 aromatic rings. The summed E-state index contributed by atoms with van der Waals surface area (Å²) in [6.07, 6.45) is 3.00. The summed E-state index contributed by atoms with van der Waals surface area (Å²) in [6.45, 7) is 11.9. The van der Waals surface area contributed by atoms with Gasteiger partial charge in [-0.2, -0.15) is 4.98 Å². The number of rotatable bonds is 9. The van der Waals surface area contributed by atoms with Crippen molar-refractivity contribution in [1.82, 2.24) is 19.8 Å². The van der Waals surface area contributed by atoms with Crippen molar-refractivity contribution in [1.29, 1.82) is 0 Å². The van der Waals surface area contributed by atoms with Gasteiger partial charge in [0.15, 0.2) is 0 Å². The van der Waals surface area contributed by atoms with Crippen molar-refractivity contribution in [2.75, 3.05) is 69.0 Å². The highest BCUT2D eigenvalue weighted by molar-refractivity contribution is 9.10. The maximum Gasteiger partial charge on any atom is 0.409 e. The van der Waals surface area contributed by atoms with Crippen LogP contribution < -0.4 is 30.7 Å². The van der Waals surface area contributed by atoms with Gasteiger partial charge in [-0.1, -0.05) is 0 Å². The van der Waals surface area contributed by atoms with Gasteiger partial charge < -0.3 is 40.7 Å². The van der Waals surface area contributed by atoms with Crippen molar-refractivity contribution in [2.24, 2.45) is 5.73 Å². The van der Waals surface area contributed by atoms with Gasteiger partial charge in [0, 0.05) is 74.5 Å². The summed E-state index contributed by atoms with van der Waals surface area (Å²) in [7, 11) is 3.90. The number of aryl methyl sites for hydroxylation is 1. The first kappa shape index (κ1) is 32.7. The molecule has 45 heavy (non-hydrogen) atoms. The second kappa shape index (κ2) is 13.8. The lowest BCUT2D eigenvalue weighted by atomic mass is 9.96. The molecule has 2 aliphatic heterocycles. The Morgan fingerprint density at radius 2 is 1.78 bits per heavy atom. The van der Waals surface area contributed by atoms with E-state index in [1.54, 1.807) is 45.4 Å². The molecule has 0 radical (unpaired) electrons. The normalized spacial score (nSPS) is 16.8. The molecule has 242 valence electrons. The summed E-state index contributed by atoms with van der Waals surface area (Å²) >= 11 is 3.52. The Labute approximate surface area is 273 Å². The average Bonchev–Trinajstić information content (AvgIpc) is 3.00. The van der Waals surface area contributed by atoms with E-state index in [9.17, 15) is 9.90 Å². The van der Waals surface area contributed by atoms with Crippen LogP contribution in [0.15, 0.2) is 41.0 Å². The maximum absolute atomic E-state index is 11.3. The number of amides is 1. The number of likely N-dealkylation sites (N-methyl/N-ethyl adjacent to an activating group) is 1. The van der Waals surface area contributed by atoms with Crippen molar-refractivity contribution in [3.8, 4) is 11.5 Å². The molecule has 0 saturated carbocycles. The van der Waals surface area contributed by atoms with Crippen LogP contribution in [0.5, 0.6) is 11.5 Å². The van der Waals surface area contributed by atoms with Crippen molar-refractivity contribution in [3.05, 3.63) is 52.1 Å². The smallest absolute Gasteiger partial charge is 0.409 e. The highest BCUT2D eigenvalue weighted by Gasteiger charge is 2.28. The number of primary amides is 1. The average molecular weight is 684 g/mol. The first-order chi connectivity index (χ1) is 21.4. The van der Waals surface area contributed by atoms with E-state index in [0.29, 0.717) is 33.5 Å².